The van der Waals surface area contributed by atoms with Crippen LogP contribution in [0.25, 0.3) is 0 Å². The summed E-state index contributed by atoms with van der Waals surface area (Å²) in [5.41, 5.74) is 2.60. The number of rotatable bonds is 4. The molecule has 1 heterocycles. The van der Waals surface area contributed by atoms with Gasteiger partial charge in [0, 0.05) is 22.7 Å². The van der Waals surface area contributed by atoms with Gasteiger partial charge in [-0.3, -0.25) is 14.5 Å². The van der Waals surface area contributed by atoms with Crippen molar-refractivity contribution in [2.75, 3.05) is 12.4 Å². The van der Waals surface area contributed by atoms with Crippen LogP contribution < -0.4 is 5.32 Å². The second kappa shape index (κ2) is 8.22. The monoisotopic (exact) mass is 479 g/mol. The number of thioether (sulfide) groups is 1. The van der Waals surface area contributed by atoms with Gasteiger partial charge in [0.2, 0.25) is 11.8 Å². The maximum Gasteiger partial charge on any atom is 0.242 e. The molecule has 1 N–H and O–H groups in total. The van der Waals surface area contributed by atoms with Crippen LogP contribution in [0.15, 0.2) is 53.5 Å². The predicted octanol–water partition coefficient (Wildman–Crippen LogP) is 4.19. The Bertz CT molecular complexity index is 867. The first-order valence-electron chi connectivity index (χ1n) is 8.07. The molecule has 0 aromatic heterocycles. The minimum atomic E-state index is -0.451. The van der Waals surface area contributed by atoms with Gasteiger partial charge >= 0.3 is 0 Å². The first kappa shape index (κ1) is 18.9. The molecule has 1 unspecified atom stereocenters. The number of amides is 2. The van der Waals surface area contributed by atoms with Gasteiger partial charge < -0.3 is 5.32 Å². The minimum Gasteiger partial charge on any atom is -0.326 e. The molecule has 7 heteroatoms. The van der Waals surface area contributed by atoms with Crippen LogP contribution in [0.3, 0.4) is 0 Å². The average molecular weight is 479 g/mol. The van der Waals surface area contributed by atoms with E-state index in [1.165, 1.54) is 16.7 Å². The number of aliphatic imine (C=N–C) groups is 1. The molecular weight excluding hydrogens is 461 g/mol. The second-order valence-electron chi connectivity index (χ2n) is 6.00. The van der Waals surface area contributed by atoms with Crippen LogP contribution in [0, 0.1) is 10.5 Å². The molecule has 1 saturated heterocycles. The summed E-state index contributed by atoms with van der Waals surface area (Å²) in [6, 6.07) is 15.3. The van der Waals surface area contributed by atoms with E-state index in [0.717, 1.165) is 20.5 Å². The number of hydrogen-bond acceptors (Lipinski definition) is 4. The molecule has 5 nitrogen and oxygen atoms in total. The van der Waals surface area contributed by atoms with E-state index in [9.17, 15) is 9.59 Å². The molecule has 0 radical (unpaired) electrons. The number of aryl methyl sites for hydroxylation is 1. The van der Waals surface area contributed by atoms with Crippen molar-refractivity contribution in [3.8, 4) is 0 Å². The van der Waals surface area contributed by atoms with Crippen LogP contribution in [-0.2, 0) is 9.59 Å². The fourth-order valence-electron chi connectivity index (χ4n) is 2.53. The summed E-state index contributed by atoms with van der Waals surface area (Å²) >= 11 is 3.56. The second-order valence-corrected chi connectivity index (χ2v) is 8.41. The number of carbonyl (C=O) groups excluding carboxylic acids is 2. The van der Waals surface area contributed by atoms with Crippen molar-refractivity contribution in [3.63, 3.8) is 0 Å². The Labute approximate surface area is 170 Å². The molecule has 2 aromatic carbocycles. The molecule has 134 valence electrons. The lowest BCUT2D eigenvalue weighted by molar-refractivity contribution is -0.127. The molecule has 0 aliphatic carbocycles. The number of hydrogen-bond donors (Lipinski definition) is 1. The van der Waals surface area contributed by atoms with E-state index in [-0.39, 0.29) is 18.2 Å². The number of carbonyl (C=O) groups is 2. The smallest absolute Gasteiger partial charge is 0.242 e. The Hall–Kier alpha value is -1.87. The number of anilines is 1. The van der Waals surface area contributed by atoms with Crippen molar-refractivity contribution in [2.45, 2.75) is 18.6 Å². The first-order valence-corrected chi connectivity index (χ1v) is 10.0. The van der Waals surface area contributed by atoms with Crippen LogP contribution in [0.1, 0.15) is 12.0 Å². The topological polar surface area (TPSA) is 61.8 Å². The maximum absolute atomic E-state index is 12.4. The summed E-state index contributed by atoms with van der Waals surface area (Å²) in [5, 5.41) is 3.02. The predicted molar refractivity (Wildman–Crippen MR) is 115 cm³/mol. The van der Waals surface area contributed by atoms with Gasteiger partial charge in [0.15, 0.2) is 5.17 Å². The van der Waals surface area contributed by atoms with Crippen molar-refractivity contribution < 1.29 is 9.59 Å². The third-order valence-corrected chi connectivity index (χ3v) is 5.81. The number of nitrogens with one attached hydrogen (secondary N) is 1. The zero-order valence-corrected chi connectivity index (χ0v) is 17.4. The summed E-state index contributed by atoms with van der Waals surface area (Å²) < 4.78 is 1.13. The fourth-order valence-corrected chi connectivity index (χ4v) is 4.04. The summed E-state index contributed by atoms with van der Waals surface area (Å²) in [5.74, 6) is -0.274. The highest BCUT2D eigenvalue weighted by molar-refractivity contribution is 14.1. The fraction of sp³-hybridized carbons (Fsp3) is 0.211. The number of amidine groups is 1. The summed E-state index contributed by atoms with van der Waals surface area (Å²) in [6.07, 6.45) is 0.119. The molecule has 26 heavy (non-hydrogen) atoms. The Morgan fingerprint density at radius 3 is 2.69 bits per heavy atom. The lowest BCUT2D eigenvalue weighted by atomic mass is 10.2. The van der Waals surface area contributed by atoms with Crippen LogP contribution in [0.5, 0.6) is 0 Å². The Morgan fingerprint density at radius 2 is 2.00 bits per heavy atom. The van der Waals surface area contributed by atoms with Gasteiger partial charge in [-0.25, -0.2) is 4.99 Å². The highest BCUT2D eigenvalue weighted by atomic mass is 127. The third-order valence-electron chi connectivity index (χ3n) is 3.86. The van der Waals surface area contributed by atoms with Crippen molar-refractivity contribution in [3.05, 3.63) is 57.7 Å². The zero-order chi connectivity index (χ0) is 18.7. The number of halogens is 1. The van der Waals surface area contributed by atoms with Crippen molar-refractivity contribution >= 4 is 62.7 Å². The van der Waals surface area contributed by atoms with E-state index in [0.29, 0.717) is 5.17 Å². The van der Waals surface area contributed by atoms with Crippen LogP contribution in [-0.4, -0.2) is 34.2 Å². The molecule has 0 saturated carbocycles. The van der Waals surface area contributed by atoms with Crippen molar-refractivity contribution in [1.82, 2.24) is 4.90 Å². The Kier molecular flexibility index (Phi) is 5.98. The maximum atomic E-state index is 12.4. The first-order chi connectivity index (χ1) is 12.4. The molecule has 1 atom stereocenters. The van der Waals surface area contributed by atoms with E-state index in [1.54, 1.807) is 7.05 Å². The third kappa shape index (κ3) is 4.64. The van der Waals surface area contributed by atoms with Gasteiger partial charge in [0.1, 0.15) is 5.25 Å². The van der Waals surface area contributed by atoms with E-state index in [1.807, 2.05) is 55.5 Å². The number of benzene rings is 2. The molecule has 0 spiro atoms. The van der Waals surface area contributed by atoms with Crippen LogP contribution in [0.4, 0.5) is 11.4 Å². The summed E-state index contributed by atoms with van der Waals surface area (Å²) in [4.78, 5) is 30.8. The van der Waals surface area contributed by atoms with E-state index < -0.39 is 5.25 Å². The highest BCUT2D eigenvalue weighted by Crippen LogP contribution is 2.31. The minimum absolute atomic E-state index is 0.0985. The van der Waals surface area contributed by atoms with Gasteiger partial charge in [-0.15, -0.1) is 0 Å². The van der Waals surface area contributed by atoms with Gasteiger partial charge in [-0.05, 0) is 71.5 Å². The SMILES string of the molecule is Cc1cccc(NC(=O)CC2SC(=Nc3ccc(I)cc3)N(C)C2=O)c1. The van der Waals surface area contributed by atoms with E-state index in [2.05, 4.69) is 32.9 Å². The molecule has 1 aliphatic heterocycles. The zero-order valence-electron chi connectivity index (χ0n) is 14.4. The molecule has 2 amide bonds. The lowest BCUT2D eigenvalue weighted by Crippen LogP contribution is -2.30. The standard InChI is InChI=1S/C19H18IN3O2S/c1-12-4-3-5-15(10-12)21-17(24)11-16-18(25)23(2)19(26-16)22-14-8-6-13(20)7-9-14/h3-10,16H,11H2,1-2H3,(H,21,24). The van der Waals surface area contributed by atoms with Gasteiger partial charge in [0.05, 0.1) is 5.69 Å². The largest absolute Gasteiger partial charge is 0.326 e. The Balaban J connectivity index is 1.66. The van der Waals surface area contributed by atoms with Crippen LogP contribution in [0.2, 0.25) is 0 Å². The van der Waals surface area contributed by atoms with E-state index >= 15 is 0 Å². The quantitative estimate of drug-likeness (QED) is 0.670. The normalized spacial score (nSPS) is 18.4. The molecule has 2 aromatic rings. The molecule has 1 fully saturated rings. The molecule has 0 bridgehead atoms. The number of nitrogens with zero attached hydrogens (tertiary/aromatic N) is 2. The molecule has 1 aliphatic rings. The Morgan fingerprint density at radius 1 is 1.27 bits per heavy atom. The summed E-state index contributed by atoms with van der Waals surface area (Å²) in [6.45, 7) is 1.97. The van der Waals surface area contributed by atoms with Crippen molar-refractivity contribution in [2.24, 2.45) is 4.99 Å². The van der Waals surface area contributed by atoms with Gasteiger partial charge in [-0.1, -0.05) is 23.9 Å². The molecular formula is C19H18IN3O2S. The average Bonchev–Trinajstić information content (AvgIpc) is 2.85. The summed E-state index contributed by atoms with van der Waals surface area (Å²) in [7, 11) is 1.69. The molecule has 3 rings (SSSR count). The van der Waals surface area contributed by atoms with E-state index in [4.69, 9.17) is 0 Å². The van der Waals surface area contributed by atoms with Crippen LogP contribution >= 0.6 is 34.4 Å². The lowest BCUT2D eigenvalue weighted by Gasteiger charge is -2.09. The van der Waals surface area contributed by atoms with Gasteiger partial charge in [-0.2, -0.15) is 0 Å². The van der Waals surface area contributed by atoms with Crippen molar-refractivity contribution in [1.29, 1.82) is 0 Å². The van der Waals surface area contributed by atoms with Gasteiger partial charge in [0.25, 0.3) is 0 Å². The highest BCUT2D eigenvalue weighted by Gasteiger charge is 2.36.